The highest BCUT2D eigenvalue weighted by atomic mass is 16.5. The fourth-order valence-corrected chi connectivity index (χ4v) is 3.35. The Bertz CT molecular complexity index is 942. The third-order valence-electron chi connectivity index (χ3n) is 4.96. The lowest BCUT2D eigenvalue weighted by atomic mass is 9.92. The van der Waals surface area contributed by atoms with E-state index in [1.807, 2.05) is 44.2 Å². The molecule has 3 heteroatoms. The number of allylic oxidation sites excluding steroid dienone is 4. The molecule has 0 bridgehead atoms. The Kier molecular flexibility index (Phi) is 6.03. The fraction of sp³-hybridized carbons (Fsp3) is 0.320. The van der Waals surface area contributed by atoms with E-state index in [4.69, 9.17) is 4.74 Å². The number of carbonyl (C=O) groups is 1. The van der Waals surface area contributed by atoms with Crippen molar-refractivity contribution in [2.45, 2.75) is 53.1 Å². The minimum Gasteiger partial charge on any atom is -0.508 e. The molecule has 0 amide bonds. The summed E-state index contributed by atoms with van der Waals surface area (Å²) in [6, 6.07) is 11.3. The Morgan fingerprint density at radius 1 is 1.04 bits per heavy atom. The van der Waals surface area contributed by atoms with Gasteiger partial charge in [0.1, 0.15) is 17.6 Å². The van der Waals surface area contributed by atoms with Gasteiger partial charge in [0.05, 0.1) is 12.0 Å². The quantitative estimate of drug-likeness (QED) is 0.640. The lowest BCUT2D eigenvalue weighted by Crippen LogP contribution is -2.21. The van der Waals surface area contributed by atoms with Gasteiger partial charge in [-0.15, -0.1) is 0 Å². The number of carbonyl (C=O) groups excluding carboxylic acids is 1. The number of ketones is 1. The zero-order valence-electron chi connectivity index (χ0n) is 17.1. The van der Waals surface area contributed by atoms with E-state index in [0.717, 1.165) is 23.1 Å². The molecule has 0 saturated carbocycles. The number of hydrogen-bond acceptors (Lipinski definition) is 3. The van der Waals surface area contributed by atoms with Crippen molar-refractivity contribution in [3.8, 4) is 11.5 Å². The number of hydrogen-bond donors (Lipinski definition) is 1. The van der Waals surface area contributed by atoms with Crippen LogP contribution < -0.4 is 4.74 Å². The maximum atomic E-state index is 12.8. The minimum absolute atomic E-state index is 0.101. The molecule has 3 rings (SSSR count). The van der Waals surface area contributed by atoms with Gasteiger partial charge in [0.15, 0.2) is 5.78 Å². The van der Waals surface area contributed by atoms with Crippen LogP contribution in [0.5, 0.6) is 11.5 Å². The molecule has 0 saturated heterocycles. The van der Waals surface area contributed by atoms with Gasteiger partial charge in [-0.1, -0.05) is 41.5 Å². The predicted octanol–water partition coefficient (Wildman–Crippen LogP) is 6.12. The summed E-state index contributed by atoms with van der Waals surface area (Å²) in [6.45, 7) is 8.20. The number of Topliss-reactive ketones (excluding diaryl/α,β-unsaturated/α-hetero) is 1. The summed E-state index contributed by atoms with van der Waals surface area (Å²) < 4.78 is 6.33. The largest absolute Gasteiger partial charge is 0.508 e. The average Bonchev–Trinajstić information content (AvgIpc) is 2.65. The Hall–Kier alpha value is -2.81. The van der Waals surface area contributed by atoms with E-state index in [1.54, 1.807) is 6.07 Å². The first kappa shape index (κ1) is 19.9. The second-order valence-corrected chi connectivity index (χ2v) is 7.89. The summed E-state index contributed by atoms with van der Waals surface area (Å²) in [5.41, 5.74) is 5.90. The van der Waals surface area contributed by atoms with Gasteiger partial charge in [0.25, 0.3) is 0 Å². The van der Waals surface area contributed by atoms with Crippen LogP contribution in [-0.2, 0) is 12.8 Å². The van der Waals surface area contributed by atoms with Gasteiger partial charge >= 0.3 is 0 Å². The van der Waals surface area contributed by atoms with E-state index in [9.17, 15) is 9.90 Å². The number of fused-ring (bicyclic) bond motifs is 1. The summed E-state index contributed by atoms with van der Waals surface area (Å²) in [5.74, 6) is 1.07. The summed E-state index contributed by atoms with van der Waals surface area (Å²) in [7, 11) is 0. The Labute approximate surface area is 167 Å². The van der Waals surface area contributed by atoms with Crippen LogP contribution >= 0.6 is 0 Å². The van der Waals surface area contributed by atoms with E-state index in [-0.39, 0.29) is 17.6 Å². The van der Waals surface area contributed by atoms with Crippen LogP contribution in [0, 0.1) is 0 Å². The van der Waals surface area contributed by atoms with Crippen LogP contribution in [0.3, 0.4) is 0 Å². The number of ether oxygens (including phenoxy) is 1. The normalized spacial score (nSPS) is 15.4. The Balaban J connectivity index is 1.93. The predicted molar refractivity (Wildman–Crippen MR) is 113 cm³/mol. The monoisotopic (exact) mass is 376 g/mol. The SMILES string of the molecule is CC(C)=CCc1cc(C2CC(=O)c3cccc(CC=C(C)C)c3O2)ccc1O. The van der Waals surface area contributed by atoms with Crippen LogP contribution in [0.1, 0.15) is 67.3 Å². The van der Waals surface area contributed by atoms with Crippen LogP contribution in [0.4, 0.5) is 0 Å². The van der Waals surface area contributed by atoms with Crippen LogP contribution in [0.25, 0.3) is 0 Å². The Morgan fingerprint density at radius 2 is 1.71 bits per heavy atom. The first-order valence-electron chi connectivity index (χ1n) is 9.75. The maximum Gasteiger partial charge on any atom is 0.170 e. The van der Waals surface area contributed by atoms with Gasteiger partial charge in [-0.3, -0.25) is 4.79 Å². The van der Waals surface area contributed by atoms with Gasteiger partial charge in [-0.25, -0.2) is 0 Å². The summed E-state index contributed by atoms with van der Waals surface area (Å²) in [5, 5.41) is 10.2. The molecule has 1 aliphatic rings. The fourth-order valence-electron chi connectivity index (χ4n) is 3.35. The third-order valence-corrected chi connectivity index (χ3v) is 4.96. The van der Waals surface area contributed by atoms with Gasteiger partial charge in [0.2, 0.25) is 0 Å². The highest BCUT2D eigenvalue weighted by molar-refractivity contribution is 6.00. The van der Waals surface area contributed by atoms with Crippen molar-refractivity contribution in [3.63, 3.8) is 0 Å². The zero-order valence-corrected chi connectivity index (χ0v) is 17.1. The molecule has 2 aromatic rings. The second-order valence-electron chi connectivity index (χ2n) is 7.89. The molecule has 1 unspecified atom stereocenters. The lowest BCUT2D eigenvalue weighted by molar-refractivity contribution is 0.0848. The highest BCUT2D eigenvalue weighted by Gasteiger charge is 2.29. The van der Waals surface area contributed by atoms with Crippen LogP contribution in [0.2, 0.25) is 0 Å². The molecule has 3 nitrogen and oxygen atoms in total. The number of phenols is 1. The number of rotatable bonds is 5. The van der Waals surface area contributed by atoms with Crippen molar-refractivity contribution in [2.75, 3.05) is 0 Å². The van der Waals surface area contributed by atoms with E-state index < -0.39 is 0 Å². The minimum atomic E-state index is -0.334. The molecule has 28 heavy (non-hydrogen) atoms. The maximum absolute atomic E-state index is 12.8. The number of aromatic hydroxyl groups is 1. The Morgan fingerprint density at radius 3 is 2.39 bits per heavy atom. The number of phenolic OH excluding ortho intramolecular Hbond substituents is 1. The van der Waals surface area contributed by atoms with Gasteiger partial charge in [0, 0.05) is 0 Å². The molecule has 0 aromatic heterocycles. The van der Waals surface area contributed by atoms with E-state index in [2.05, 4.69) is 26.0 Å². The molecular formula is C25H28O3. The highest BCUT2D eigenvalue weighted by Crippen LogP contribution is 2.38. The molecule has 1 atom stereocenters. The van der Waals surface area contributed by atoms with Crippen LogP contribution in [-0.4, -0.2) is 10.9 Å². The molecule has 0 fully saturated rings. The molecule has 1 N–H and O–H groups in total. The first-order valence-corrected chi connectivity index (χ1v) is 9.75. The van der Waals surface area contributed by atoms with Crippen molar-refractivity contribution >= 4 is 5.78 Å². The lowest BCUT2D eigenvalue weighted by Gasteiger charge is -2.27. The molecule has 1 heterocycles. The van der Waals surface area contributed by atoms with Crippen molar-refractivity contribution < 1.29 is 14.6 Å². The first-order chi connectivity index (χ1) is 13.3. The standard InChI is InChI=1S/C25H28O3/c1-16(2)8-10-18-6-5-7-21-23(27)15-24(28-25(18)21)20-12-13-22(26)19(14-20)11-9-17(3)4/h5-9,12-14,24,26H,10-11,15H2,1-4H3. The molecule has 1 aliphatic heterocycles. The topological polar surface area (TPSA) is 46.5 Å². The van der Waals surface area contributed by atoms with Crippen molar-refractivity contribution in [1.29, 1.82) is 0 Å². The molecule has 0 radical (unpaired) electrons. The molecule has 2 aromatic carbocycles. The zero-order chi connectivity index (χ0) is 20.3. The van der Waals surface area contributed by atoms with E-state index in [0.29, 0.717) is 24.2 Å². The van der Waals surface area contributed by atoms with Crippen molar-refractivity contribution in [2.24, 2.45) is 0 Å². The van der Waals surface area contributed by atoms with Crippen LogP contribution in [0.15, 0.2) is 59.7 Å². The average molecular weight is 376 g/mol. The van der Waals surface area contributed by atoms with Gasteiger partial charge < -0.3 is 9.84 Å². The smallest absolute Gasteiger partial charge is 0.170 e. The summed E-state index contributed by atoms with van der Waals surface area (Å²) in [4.78, 5) is 12.8. The third kappa shape index (κ3) is 4.53. The van der Waals surface area contributed by atoms with Crippen molar-refractivity contribution in [1.82, 2.24) is 0 Å². The second kappa shape index (κ2) is 8.47. The summed E-state index contributed by atoms with van der Waals surface area (Å²) in [6.07, 6.45) is 5.60. The van der Waals surface area contributed by atoms with E-state index in [1.165, 1.54) is 11.1 Å². The van der Waals surface area contributed by atoms with Gasteiger partial charge in [-0.2, -0.15) is 0 Å². The van der Waals surface area contributed by atoms with E-state index >= 15 is 0 Å². The molecule has 0 aliphatic carbocycles. The molecular weight excluding hydrogens is 348 g/mol. The van der Waals surface area contributed by atoms with Crippen molar-refractivity contribution in [3.05, 3.63) is 82.0 Å². The number of benzene rings is 2. The molecule has 146 valence electrons. The number of para-hydroxylation sites is 1. The van der Waals surface area contributed by atoms with Gasteiger partial charge in [-0.05, 0) is 75.4 Å². The molecule has 0 spiro atoms. The summed E-state index contributed by atoms with van der Waals surface area (Å²) >= 11 is 0.